The van der Waals surface area contributed by atoms with E-state index in [0.29, 0.717) is 5.15 Å². The van der Waals surface area contributed by atoms with Crippen molar-refractivity contribution in [1.29, 1.82) is 0 Å². The smallest absolute Gasteiger partial charge is 0.137 e. The van der Waals surface area contributed by atoms with Crippen molar-refractivity contribution in [3.63, 3.8) is 0 Å². The molecule has 0 aliphatic carbocycles. The first kappa shape index (κ1) is 18.2. The highest BCUT2D eigenvalue weighted by Gasteiger charge is 2.18. The van der Waals surface area contributed by atoms with Gasteiger partial charge in [0.2, 0.25) is 0 Å². The highest BCUT2D eigenvalue weighted by atomic mass is 35.5. The average Bonchev–Trinajstić information content (AvgIpc) is 2.41. The van der Waals surface area contributed by atoms with Crippen LogP contribution in [-0.4, -0.2) is 16.5 Å². The van der Waals surface area contributed by atoms with E-state index in [-0.39, 0.29) is 5.41 Å². The largest absolute Gasteiger partial charge is 0.369 e. The maximum atomic E-state index is 6.22. The van der Waals surface area contributed by atoms with E-state index in [1.165, 1.54) is 25.7 Å². The molecule has 1 aromatic heterocycles. The molecule has 1 N–H and O–H groups in total. The summed E-state index contributed by atoms with van der Waals surface area (Å²) in [6.45, 7) is 11.9. The van der Waals surface area contributed by atoms with E-state index in [0.717, 1.165) is 36.6 Å². The molecule has 0 fully saturated rings. The van der Waals surface area contributed by atoms with Gasteiger partial charge in [0.1, 0.15) is 16.8 Å². The molecule has 0 spiro atoms. The van der Waals surface area contributed by atoms with Crippen LogP contribution in [0, 0.1) is 12.3 Å². The van der Waals surface area contributed by atoms with Crippen molar-refractivity contribution < 1.29 is 0 Å². The minimum atomic E-state index is 0.268. The summed E-state index contributed by atoms with van der Waals surface area (Å²) in [5, 5.41) is 4.05. The molecule has 1 aromatic rings. The molecular formula is C17H30ClN3. The molecule has 1 rings (SSSR count). The molecule has 0 atom stereocenters. The van der Waals surface area contributed by atoms with Crippen LogP contribution in [0.15, 0.2) is 0 Å². The van der Waals surface area contributed by atoms with Crippen LogP contribution in [0.25, 0.3) is 0 Å². The SMILES string of the molecule is CCCCCC(C)(C)CNc1nc(CCC)nc(Cl)c1C. The van der Waals surface area contributed by atoms with Crippen LogP contribution < -0.4 is 5.32 Å². The first-order valence-electron chi connectivity index (χ1n) is 8.16. The monoisotopic (exact) mass is 311 g/mol. The number of rotatable bonds is 9. The molecule has 0 aliphatic rings. The number of aromatic nitrogens is 2. The van der Waals surface area contributed by atoms with Gasteiger partial charge in [-0.1, -0.05) is 58.6 Å². The standard InChI is InChI=1S/C17H30ClN3/c1-6-8-9-11-17(4,5)12-19-16-13(3)15(18)20-14(21-16)10-7-2/h6-12H2,1-5H3,(H,19,20,21). The second-order valence-corrected chi connectivity index (χ2v) is 6.99. The Kier molecular flexibility index (Phi) is 7.44. The van der Waals surface area contributed by atoms with Crippen LogP contribution in [0.5, 0.6) is 0 Å². The molecule has 4 heteroatoms. The predicted octanol–water partition coefficient (Wildman–Crippen LogP) is 5.41. The maximum Gasteiger partial charge on any atom is 0.137 e. The molecule has 3 nitrogen and oxygen atoms in total. The van der Waals surface area contributed by atoms with Crippen LogP contribution in [0.4, 0.5) is 5.82 Å². The number of nitrogens with zero attached hydrogens (tertiary/aromatic N) is 2. The Balaban J connectivity index is 2.69. The lowest BCUT2D eigenvalue weighted by atomic mass is 9.87. The van der Waals surface area contributed by atoms with E-state index in [4.69, 9.17) is 11.6 Å². The first-order valence-corrected chi connectivity index (χ1v) is 8.54. The summed E-state index contributed by atoms with van der Waals surface area (Å²) in [6, 6.07) is 0. The summed E-state index contributed by atoms with van der Waals surface area (Å²) >= 11 is 6.22. The summed E-state index contributed by atoms with van der Waals surface area (Å²) in [4.78, 5) is 8.96. The highest BCUT2D eigenvalue weighted by molar-refractivity contribution is 6.30. The third kappa shape index (κ3) is 6.21. The summed E-state index contributed by atoms with van der Waals surface area (Å²) in [6.07, 6.45) is 6.99. The van der Waals surface area contributed by atoms with Crippen molar-refractivity contribution in [2.24, 2.45) is 5.41 Å². The summed E-state index contributed by atoms with van der Waals surface area (Å²) in [5.41, 5.74) is 1.21. The molecule has 0 aliphatic heterocycles. The number of aryl methyl sites for hydroxylation is 1. The van der Waals surface area contributed by atoms with E-state index in [1.807, 2.05) is 6.92 Å². The van der Waals surface area contributed by atoms with Gasteiger partial charge in [0.15, 0.2) is 0 Å². The molecule has 0 aromatic carbocycles. The molecule has 0 radical (unpaired) electrons. The summed E-state index contributed by atoms with van der Waals surface area (Å²) in [5.74, 6) is 1.72. The molecule has 0 amide bonds. The Labute approximate surface area is 134 Å². The number of nitrogens with one attached hydrogen (secondary N) is 1. The quantitative estimate of drug-likeness (QED) is 0.489. The second kappa shape index (κ2) is 8.57. The number of hydrogen-bond acceptors (Lipinski definition) is 3. The average molecular weight is 312 g/mol. The van der Waals surface area contributed by atoms with Gasteiger partial charge in [0.25, 0.3) is 0 Å². The van der Waals surface area contributed by atoms with Crippen molar-refractivity contribution >= 4 is 17.4 Å². The Morgan fingerprint density at radius 3 is 2.43 bits per heavy atom. The maximum absolute atomic E-state index is 6.22. The summed E-state index contributed by atoms with van der Waals surface area (Å²) < 4.78 is 0. The van der Waals surface area contributed by atoms with E-state index < -0.39 is 0 Å². The van der Waals surface area contributed by atoms with Crippen molar-refractivity contribution in [1.82, 2.24) is 9.97 Å². The van der Waals surface area contributed by atoms with Crippen LogP contribution in [0.1, 0.15) is 71.2 Å². The Morgan fingerprint density at radius 2 is 1.81 bits per heavy atom. The normalized spacial score (nSPS) is 11.7. The van der Waals surface area contributed by atoms with Crippen molar-refractivity contribution in [3.8, 4) is 0 Å². The highest BCUT2D eigenvalue weighted by Crippen LogP contribution is 2.26. The zero-order valence-electron chi connectivity index (χ0n) is 14.2. The zero-order chi connectivity index (χ0) is 15.9. The van der Waals surface area contributed by atoms with Gasteiger partial charge < -0.3 is 5.32 Å². The third-order valence-corrected chi connectivity index (χ3v) is 4.17. The molecular weight excluding hydrogens is 282 g/mol. The molecule has 0 saturated heterocycles. The lowest BCUT2D eigenvalue weighted by Gasteiger charge is -2.26. The van der Waals surface area contributed by atoms with Gasteiger partial charge in [-0.15, -0.1) is 0 Å². The number of halogens is 1. The molecule has 120 valence electrons. The molecule has 21 heavy (non-hydrogen) atoms. The Morgan fingerprint density at radius 1 is 1.10 bits per heavy atom. The van der Waals surface area contributed by atoms with Gasteiger partial charge in [-0.2, -0.15) is 0 Å². The number of hydrogen-bond donors (Lipinski definition) is 1. The van der Waals surface area contributed by atoms with E-state index in [1.54, 1.807) is 0 Å². The van der Waals surface area contributed by atoms with Crippen LogP contribution in [0.2, 0.25) is 5.15 Å². The molecule has 0 saturated carbocycles. The van der Waals surface area contributed by atoms with Crippen LogP contribution >= 0.6 is 11.6 Å². The van der Waals surface area contributed by atoms with Gasteiger partial charge in [-0.25, -0.2) is 9.97 Å². The topological polar surface area (TPSA) is 37.8 Å². The van der Waals surface area contributed by atoms with Crippen LogP contribution in [0.3, 0.4) is 0 Å². The second-order valence-electron chi connectivity index (χ2n) is 6.63. The van der Waals surface area contributed by atoms with Crippen molar-refractivity contribution in [2.45, 2.75) is 73.1 Å². The molecule has 0 unspecified atom stereocenters. The van der Waals surface area contributed by atoms with Crippen molar-refractivity contribution in [2.75, 3.05) is 11.9 Å². The Bertz CT molecular complexity index is 444. The van der Waals surface area contributed by atoms with Gasteiger partial charge in [-0.3, -0.25) is 0 Å². The van der Waals surface area contributed by atoms with Gasteiger partial charge in [-0.05, 0) is 25.2 Å². The number of unbranched alkanes of at least 4 members (excludes halogenated alkanes) is 2. The fourth-order valence-corrected chi connectivity index (χ4v) is 2.49. The van der Waals surface area contributed by atoms with Crippen molar-refractivity contribution in [3.05, 3.63) is 16.5 Å². The molecule has 1 heterocycles. The lowest BCUT2D eigenvalue weighted by molar-refractivity contribution is 0.342. The van der Waals surface area contributed by atoms with Crippen LogP contribution in [-0.2, 0) is 6.42 Å². The van der Waals surface area contributed by atoms with E-state index >= 15 is 0 Å². The van der Waals surface area contributed by atoms with Gasteiger partial charge in [0.05, 0.1) is 0 Å². The van der Waals surface area contributed by atoms with Gasteiger partial charge >= 0.3 is 0 Å². The summed E-state index contributed by atoms with van der Waals surface area (Å²) in [7, 11) is 0. The zero-order valence-corrected chi connectivity index (χ0v) is 15.0. The molecule has 0 bridgehead atoms. The minimum absolute atomic E-state index is 0.268. The number of anilines is 1. The fourth-order valence-electron chi connectivity index (χ4n) is 2.31. The van der Waals surface area contributed by atoms with E-state index in [2.05, 4.69) is 43.0 Å². The third-order valence-electron chi connectivity index (χ3n) is 3.80. The van der Waals surface area contributed by atoms with E-state index in [9.17, 15) is 0 Å². The fraction of sp³-hybridized carbons (Fsp3) is 0.765. The van der Waals surface area contributed by atoms with Gasteiger partial charge in [0, 0.05) is 18.5 Å². The Hall–Kier alpha value is -0.830. The minimum Gasteiger partial charge on any atom is -0.369 e. The lowest BCUT2D eigenvalue weighted by Crippen LogP contribution is -2.24. The first-order chi connectivity index (χ1) is 9.89. The predicted molar refractivity (Wildman–Crippen MR) is 92.2 cm³/mol.